The molecule has 0 aliphatic heterocycles. The number of aromatic nitrogens is 1. The maximum Gasteiger partial charge on any atom is 0.264 e. The quantitative estimate of drug-likeness (QED) is 0.751. The van der Waals surface area contributed by atoms with E-state index in [1.54, 1.807) is 49.6 Å². The van der Waals surface area contributed by atoms with E-state index in [9.17, 15) is 8.42 Å². The third-order valence-electron chi connectivity index (χ3n) is 3.99. The van der Waals surface area contributed by atoms with E-state index in [2.05, 4.69) is 9.88 Å². The van der Waals surface area contributed by atoms with Gasteiger partial charge in [-0.05, 0) is 54.8 Å². The highest BCUT2D eigenvalue weighted by Crippen LogP contribution is 2.31. The van der Waals surface area contributed by atoms with Gasteiger partial charge in [-0.2, -0.15) is 0 Å². The van der Waals surface area contributed by atoms with Crippen LogP contribution in [-0.4, -0.2) is 20.7 Å². The molecule has 0 amide bonds. The van der Waals surface area contributed by atoms with Crippen LogP contribution in [-0.2, 0) is 10.0 Å². The van der Waals surface area contributed by atoms with Crippen molar-refractivity contribution in [2.75, 3.05) is 11.8 Å². The molecule has 6 nitrogen and oxygen atoms in total. The highest BCUT2D eigenvalue weighted by atomic mass is 32.2. The van der Waals surface area contributed by atoms with Gasteiger partial charge in [-0.1, -0.05) is 23.4 Å². The highest BCUT2D eigenvalue weighted by molar-refractivity contribution is 7.92. The number of sulfonamides is 1. The molecule has 2 aromatic carbocycles. The molecule has 0 atom stereocenters. The molecule has 1 heterocycles. The van der Waals surface area contributed by atoms with E-state index in [1.165, 1.54) is 6.20 Å². The first kappa shape index (κ1) is 17.0. The monoisotopic (exact) mass is 358 g/mol. The molecule has 7 heteroatoms. The van der Waals surface area contributed by atoms with E-state index in [0.717, 1.165) is 16.7 Å². The number of aryl methyl sites for hydroxylation is 2. The van der Waals surface area contributed by atoms with Crippen molar-refractivity contribution in [1.82, 2.24) is 5.16 Å². The SMILES string of the molecule is COc1ccc(-c2cnoc2NS(=O)(=O)c2ccc(C)c(C)c2)cc1. The molecule has 130 valence electrons. The molecule has 1 N–H and O–H groups in total. The van der Waals surface area contributed by atoms with Gasteiger partial charge >= 0.3 is 0 Å². The minimum absolute atomic E-state index is 0.0726. The summed E-state index contributed by atoms with van der Waals surface area (Å²) in [6.07, 6.45) is 1.47. The van der Waals surface area contributed by atoms with Crippen molar-refractivity contribution in [2.45, 2.75) is 18.7 Å². The van der Waals surface area contributed by atoms with Gasteiger partial charge in [0, 0.05) is 0 Å². The topological polar surface area (TPSA) is 81.4 Å². The van der Waals surface area contributed by atoms with E-state index in [4.69, 9.17) is 9.26 Å². The van der Waals surface area contributed by atoms with Crippen LogP contribution < -0.4 is 9.46 Å². The Morgan fingerprint density at radius 1 is 1.04 bits per heavy atom. The van der Waals surface area contributed by atoms with E-state index in [0.29, 0.717) is 11.3 Å². The third kappa shape index (κ3) is 3.51. The lowest BCUT2D eigenvalue weighted by molar-refractivity contribution is 0.415. The Balaban J connectivity index is 1.93. The van der Waals surface area contributed by atoms with Crippen molar-refractivity contribution in [3.63, 3.8) is 0 Å². The zero-order chi connectivity index (χ0) is 18.0. The average molecular weight is 358 g/mol. The second-order valence-electron chi connectivity index (χ2n) is 5.65. The third-order valence-corrected chi connectivity index (χ3v) is 5.32. The summed E-state index contributed by atoms with van der Waals surface area (Å²) in [5.41, 5.74) is 3.24. The second kappa shape index (κ2) is 6.60. The standard InChI is InChI=1S/C18H18N2O4S/c1-12-4-9-16(10-13(12)2)25(21,22)20-18-17(11-19-24-18)14-5-7-15(23-3)8-6-14/h4-11,20H,1-3H3. The molecule has 0 radical (unpaired) electrons. The number of ether oxygens (including phenoxy) is 1. The van der Waals surface area contributed by atoms with Crippen LogP contribution in [0.3, 0.4) is 0 Å². The van der Waals surface area contributed by atoms with Crippen LogP contribution in [0.1, 0.15) is 11.1 Å². The Morgan fingerprint density at radius 3 is 2.40 bits per heavy atom. The van der Waals surface area contributed by atoms with Gasteiger partial charge in [0.1, 0.15) is 5.75 Å². The summed E-state index contributed by atoms with van der Waals surface area (Å²) in [7, 11) is -2.19. The molecular weight excluding hydrogens is 340 g/mol. The summed E-state index contributed by atoms with van der Waals surface area (Å²) in [5.74, 6) is 0.779. The molecule has 0 fully saturated rings. The van der Waals surface area contributed by atoms with Crippen molar-refractivity contribution < 1.29 is 17.7 Å². The zero-order valence-corrected chi connectivity index (χ0v) is 14.9. The van der Waals surface area contributed by atoms with Crippen LogP contribution in [0.2, 0.25) is 0 Å². The molecule has 25 heavy (non-hydrogen) atoms. The van der Waals surface area contributed by atoms with Crippen molar-refractivity contribution in [3.05, 3.63) is 59.8 Å². The fraction of sp³-hybridized carbons (Fsp3) is 0.167. The van der Waals surface area contributed by atoms with Crippen molar-refractivity contribution in [3.8, 4) is 16.9 Å². The van der Waals surface area contributed by atoms with Crippen molar-refractivity contribution >= 4 is 15.9 Å². The number of rotatable bonds is 5. The maximum absolute atomic E-state index is 12.6. The number of hydrogen-bond donors (Lipinski definition) is 1. The van der Waals surface area contributed by atoms with Crippen LogP contribution in [0.25, 0.3) is 11.1 Å². The predicted molar refractivity (Wildman–Crippen MR) is 95.2 cm³/mol. The molecule has 3 rings (SSSR count). The summed E-state index contributed by atoms with van der Waals surface area (Å²) in [5, 5.41) is 3.72. The van der Waals surface area contributed by atoms with E-state index in [1.807, 2.05) is 13.8 Å². The van der Waals surface area contributed by atoms with Crippen LogP contribution >= 0.6 is 0 Å². The number of hydrogen-bond acceptors (Lipinski definition) is 5. The normalized spacial score (nSPS) is 11.3. The lowest BCUT2D eigenvalue weighted by atomic mass is 10.1. The van der Waals surface area contributed by atoms with Crippen LogP contribution in [0.15, 0.2) is 58.1 Å². The first-order chi connectivity index (χ1) is 11.9. The van der Waals surface area contributed by atoms with Crippen molar-refractivity contribution in [2.24, 2.45) is 0 Å². The smallest absolute Gasteiger partial charge is 0.264 e. The molecule has 0 saturated carbocycles. The van der Waals surface area contributed by atoms with Gasteiger partial charge in [0.15, 0.2) is 0 Å². The lowest BCUT2D eigenvalue weighted by Gasteiger charge is -2.09. The fourth-order valence-corrected chi connectivity index (χ4v) is 3.44. The summed E-state index contributed by atoms with van der Waals surface area (Å²) in [4.78, 5) is 0.174. The van der Waals surface area contributed by atoms with Gasteiger partial charge in [0.25, 0.3) is 10.0 Å². The Hall–Kier alpha value is -2.80. The van der Waals surface area contributed by atoms with Gasteiger partial charge in [0.05, 0.1) is 23.8 Å². The summed E-state index contributed by atoms with van der Waals surface area (Å²) >= 11 is 0. The van der Waals surface area contributed by atoms with Gasteiger partial charge in [0.2, 0.25) is 5.88 Å². The molecule has 0 aliphatic rings. The Morgan fingerprint density at radius 2 is 1.76 bits per heavy atom. The van der Waals surface area contributed by atoms with Crippen molar-refractivity contribution in [1.29, 1.82) is 0 Å². The molecule has 3 aromatic rings. The summed E-state index contributed by atoms with van der Waals surface area (Å²) < 4.78 is 38.0. The highest BCUT2D eigenvalue weighted by Gasteiger charge is 2.20. The molecular formula is C18H18N2O4S. The molecule has 0 unspecified atom stereocenters. The van der Waals surface area contributed by atoms with Gasteiger partial charge < -0.3 is 9.26 Å². The second-order valence-corrected chi connectivity index (χ2v) is 7.33. The van der Waals surface area contributed by atoms with Gasteiger partial charge in [-0.15, -0.1) is 0 Å². The van der Waals surface area contributed by atoms with Crippen LogP contribution in [0.5, 0.6) is 5.75 Å². The number of benzene rings is 2. The molecule has 0 spiro atoms. The largest absolute Gasteiger partial charge is 0.497 e. The first-order valence-electron chi connectivity index (χ1n) is 7.60. The Labute approximate surface area is 146 Å². The van der Waals surface area contributed by atoms with E-state index >= 15 is 0 Å². The maximum atomic E-state index is 12.6. The van der Waals surface area contributed by atoms with E-state index in [-0.39, 0.29) is 10.8 Å². The molecule has 1 aromatic heterocycles. The number of nitrogens with one attached hydrogen (secondary N) is 1. The first-order valence-corrected chi connectivity index (χ1v) is 9.08. The minimum atomic E-state index is -3.77. The Kier molecular flexibility index (Phi) is 4.50. The van der Waals surface area contributed by atoms with Gasteiger partial charge in [-0.25, -0.2) is 13.1 Å². The number of nitrogens with zero attached hydrogens (tertiary/aromatic N) is 1. The zero-order valence-electron chi connectivity index (χ0n) is 14.1. The minimum Gasteiger partial charge on any atom is -0.497 e. The number of methoxy groups -OCH3 is 1. The van der Waals surface area contributed by atoms with Crippen LogP contribution in [0.4, 0.5) is 5.88 Å². The Bertz CT molecular complexity index is 992. The summed E-state index contributed by atoms with van der Waals surface area (Å²) in [6, 6.07) is 12.1. The van der Waals surface area contributed by atoms with Crippen LogP contribution in [0, 0.1) is 13.8 Å². The van der Waals surface area contributed by atoms with Gasteiger partial charge in [-0.3, -0.25) is 0 Å². The molecule has 0 saturated heterocycles. The lowest BCUT2D eigenvalue weighted by Crippen LogP contribution is -2.13. The summed E-state index contributed by atoms with van der Waals surface area (Å²) in [6.45, 7) is 3.79. The van der Waals surface area contributed by atoms with E-state index < -0.39 is 10.0 Å². The average Bonchev–Trinajstić information content (AvgIpc) is 3.04. The number of anilines is 1. The molecule has 0 bridgehead atoms. The fourth-order valence-electron chi connectivity index (χ4n) is 2.35. The molecule has 0 aliphatic carbocycles. The predicted octanol–water partition coefficient (Wildman–Crippen LogP) is 3.77.